The molecule has 1 aliphatic carbocycles. The minimum atomic E-state index is -1.37. The van der Waals surface area contributed by atoms with Crippen LogP contribution in [0.15, 0.2) is 24.4 Å². The maximum absolute atomic E-state index is 12.1. The Morgan fingerprint density at radius 1 is 1.39 bits per heavy atom. The number of esters is 1. The first kappa shape index (κ1) is 16.0. The molecule has 0 amide bonds. The highest BCUT2D eigenvalue weighted by Crippen LogP contribution is 2.51. The molecule has 0 bridgehead atoms. The van der Waals surface area contributed by atoms with Gasteiger partial charge in [-0.15, -0.1) is 0 Å². The molecule has 23 heavy (non-hydrogen) atoms. The van der Waals surface area contributed by atoms with E-state index >= 15 is 0 Å². The number of nitrogens with zero attached hydrogens (tertiary/aromatic N) is 1. The van der Waals surface area contributed by atoms with Crippen LogP contribution in [0.1, 0.15) is 32.9 Å². The van der Waals surface area contributed by atoms with E-state index in [0.29, 0.717) is 18.0 Å². The summed E-state index contributed by atoms with van der Waals surface area (Å²) in [5, 5.41) is 10.9. The van der Waals surface area contributed by atoms with Gasteiger partial charge in [0, 0.05) is 5.92 Å². The molecule has 1 aromatic rings. The lowest BCUT2D eigenvalue weighted by atomic mass is 9.60. The molecule has 0 radical (unpaired) electrons. The molecular weight excluding hydrogens is 292 g/mol. The second kappa shape index (κ2) is 5.64. The summed E-state index contributed by atoms with van der Waals surface area (Å²) in [6, 6.07) is 3.66. The average Bonchev–Trinajstić information content (AvgIpc) is 2.71. The zero-order valence-electron chi connectivity index (χ0n) is 13.8. The molecular formula is C18H24N2O3. The van der Waals surface area contributed by atoms with Crippen LogP contribution in [0.5, 0.6) is 0 Å². The predicted octanol–water partition coefficient (Wildman–Crippen LogP) is 2.26. The number of allylic oxidation sites excluding steroid dienone is 1. The van der Waals surface area contributed by atoms with Crippen molar-refractivity contribution >= 4 is 17.7 Å². The number of fused-ring (bicyclic) bond motifs is 1. The minimum Gasteiger partial charge on any atom is -0.460 e. The maximum atomic E-state index is 12.1. The molecule has 1 aliphatic heterocycles. The molecule has 5 nitrogen and oxygen atoms in total. The van der Waals surface area contributed by atoms with Gasteiger partial charge >= 0.3 is 5.97 Å². The molecule has 1 saturated carbocycles. The number of nitrogens with two attached hydrogens (primary N) is 1. The second-order valence-electron chi connectivity index (χ2n) is 7.05. The Bertz CT molecular complexity index is 628. The van der Waals surface area contributed by atoms with Crippen LogP contribution in [0, 0.1) is 23.7 Å². The Hall–Kier alpha value is -1.88. The van der Waals surface area contributed by atoms with Gasteiger partial charge in [0.05, 0.1) is 17.6 Å². The third-order valence-electron chi connectivity index (χ3n) is 5.55. The molecule has 2 aliphatic rings. The highest BCUT2D eigenvalue weighted by Gasteiger charge is 2.61. The van der Waals surface area contributed by atoms with Crippen molar-refractivity contribution in [3.8, 4) is 0 Å². The van der Waals surface area contributed by atoms with Crippen molar-refractivity contribution < 1.29 is 14.6 Å². The van der Waals surface area contributed by atoms with Crippen molar-refractivity contribution in [2.24, 2.45) is 23.7 Å². The topological polar surface area (TPSA) is 85.4 Å². The number of hydrogen-bond donors (Lipinski definition) is 2. The summed E-state index contributed by atoms with van der Waals surface area (Å²) in [6.07, 6.45) is 5.80. The van der Waals surface area contributed by atoms with Crippen LogP contribution in [-0.2, 0) is 9.53 Å². The fourth-order valence-electron chi connectivity index (χ4n) is 4.12. The van der Waals surface area contributed by atoms with E-state index < -0.39 is 11.6 Å². The Balaban J connectivity index is 1.91. The van der Waals surface area contributed by atoms with Gasteiger partial charge < -0.3 is 15.6 Å². The van der Waals surface area contributed by atoms with Crippen molar-refractivity contribution in [2.75, 3.05) is 5.73 Å². The highest BCUT2D eigenvalue weighted by atomic mass is 16.6. The normalized spacial score (nSPS) is 40.2. The quantitative estimate of drug-likeness (QED) is 0.818. The number of aliphatic hydroxyl groups is 1. The first-order chi connectivity index (χ1) is 10.8. The van der Waals surface area contributed by atoms with E-state index in [9.17, 15) is 9.90 Å². The third kappa shape index (κ3) is 2.63. The summed E-state index contributed by atoms with van der Waals surface area (Å²) in [4.78, 5) is 16.4. The number of carbonyl (C=O) groups is 1. The summed E-state index contributed by atoms with van der Waals surface area (Å²) in [5.41, 5.74) is 5.72. The Kier molecular flexibility index (Phi) is 3.92. The van der Waals surface area contributed by atoms with Gasteiger partial charge in [-0.05, 0) is 49.3 Å². The molecule has 2 fully saturated rings. The molecule has 0 aromatic carbocycles. The van der Waals surface area contributed by atoms with Crippen molar-refractivity contribution in [3.63, 3.8) is 0 Å². The van der Waals surface area contributed by atoms with Crippen LogP contribution >= 0.6 is 0 Å². The van der Waals surface area contributed by atoms with Crippen molar-refractivity contribution in [1.82, 2.24) is 4.98 Å². The monoisotopic (exact) mass is 316 g/mol. The number of nitrogen functional groups attached to an aromatic ring is 1. The molecule has 6 atom stereocenters. The maximum Gasteiger partial charge on any atom is 0.338 e. The lowest BCUT2D eigenvalue weighted by molar-refractivity contribution is -0.160. The van der Waals surface area contributed by atoms with Crippen LogP contribution in [0.2, 0.25) is 0 Å². The van der Waals surface area contributed by atoms with E-state index in [2.05, 4.69) is 24.9 Å². The fourth-order valence-corrected chi connectivity index (χ4v) is 4.12. The van der Waals surface area contributed by atoms with Gasteiger partial charge in [-0.3, -0.25) is 4.98 Å². The molecule has 1 saturated heterocycles. The van der Waals surface area contributed by atoms with E-state index in [1.54, 1.807) is 12.3 Å². The number of aromatic nitrogens is 1. The lowest BCUT2D eigenvalue weighted by Crippen LogP contribution is -2.52. The first-order valence-corrected chi connectivity index (χ1v) is 8.16. The number of cyclic esters (lactones) is 1. The van der Waals surface area contributed by atoms with Crippen molar-refractivity contribution in [3.05, 3.63) is 30.1 Å². The number of hydrogen-bond acceptors (Lipinski definition) is 5. The van der Waals surface area contributed by atoms with Crippen LogP contribution < -0.4 is 5.73 Å². The van der Waals surface area contributed by atoms with Crippen molar-refractivity contribution in [1.29, 1.82) is 0 Å². The van der Waals surface area contributed by atoms with Crippen LogP contribution in [0.3, 0.4) is 0 Å². The molecule has 2 heterocycles. The van der Waals surface area contributed by atoms with Crippen LogP contribution in [0.25, 0.3) is 6.08 Å². The summed E-state index contributed by atoms with van der Waals surface area (Å²) >= 11 is 0. The summed E-state index contributed by atoms with van der Waals surface area (Å²) < 4.78 is 5.35. The van der Waals surface area contributed by atoms with E-state index in [4.69, 9.17) is 10.5 Å². The molecule has 0 unspecified atom stereocenters. The van der Waals surface area contributed by atoms with Gasteiger partial charge in [0.25, 0.3) is 0 Å². The number of anilines is 1. The Morgan fingerprint density at radius 3 is 2.78 bits per heavy atom. The van der Waals surface area contributed by atoms with Gasteiger partial charge in [0.15, 0.2) is 5.60 Å². The highest BCUT2D eigenvalue weighted by molar-refractivity contribution is 5.82. The largest absolute Gasteiger partial charge is 0.460 e. The van der Waals surface area contributed by atoms with Gasteiger partial charge in [0.2, 0.25) is 0 Å². The summed E-state index contributed by atoms with van der Waals surface area (Å²) in [6.45, 7) is 6.12. The number of ether oxygens (including phenoxy) is 1. The Morgan fingerprint density at radius 2 is 2.13 bits per heavy atom. The van der Waals surface area contributed by atoms with E-state index in [1.165, 1.54) is 0 Å². The van der Waals surface area contributed by atoms with Gasteiger partial charge in [-0.2, -0.15) is 0 Å². The van der Waals surface area contributed by atoms with Crippen LogP contribution in [-0.4, -0.2) is 27.8 Å². The Labute approximate surface area is 136 Å². The minimum absolute atomic E-state index is 0.0598. The molecule has 3 rings (SSSR count). The number of pyridine rings is 1. The molecule has 0 spiro atoms. The summed E-state index contributed by atoms with van der Waals surface area (Å²) in [5.74, 6) is -0.0427. The molecule has 3 N–H and O–H groups in total. The van der Waals surface area contributed by atoms with E-state index in [0.717, 1.165) is 5.69 Å². The summed E-state index contributed by atoms with van der Waals surface area (Å²) in [7, 11) is 0. The number of carbonyl (C=O) groups excluding carboxylic acids is 1. The van der Waals surface area contributed by atoms with Gasteiger partial charge in [-0.25, -0.2) is 4.79 Å². The second-order valence-corrected chi connectivity index (χ2v) is 7.05. The zero-order valence-corrected chi connectivity index (χ0v) is 13.8. The van der Waals surface area contributed by atoms with E-state index in [1.807, 2.05) is 19.1 Å². The first-order valence-electron chi connectivity index (χ1n) is 8.16. The average molecular weight is 316 g/mol. The van der Waals surface area contributed by atoms with Gasteiger partial charge in [0.1, 0.15) is 6.10 Å². The molecule has 1 aromatic heterocycles. The zero-order chi connectivity index (χ0) is 16.8. The molecule has 5 heteroatoms. The SMILES string of the molecule is C[C@H]1[C@H](/C=C/c2ccc(N)cn2)[C@@H]2[C@@H](C)OC(=O)[C@]2(O)C[C@@H]1C. The van der Waals surface area contributed by atoms with Crippen LogP contribution in [0.4, 0.5) is 5.69 Å². The number of rotatable bonds is 2. The standard InChI is InChI=1S/C18H24N2O3/c1-10-8-18(22)16(12(3)23-17(18)21)15(11(10)2)7-6-14-5-4-13(19)9-20-14/h4-7,9-12,15-16,22H,8,19H2,1-3H3/b7-6+/t10-,11+,12+,15-,16-,18-/m0/s1. The van der Waals surface area contributed by atoms with Crippen molar-refractivity contribution in [2.45, 2.75) is 38.9 Å². The van der Waals surface area contributed by atoms with Gasteiger partial charge in [-0.1, -0.05) is 19.9 Å². The lowest BCUT2D eigenvalue weighted by Gasteiger charge is -2.44. The molecule has 124 valence electrons. The third-order valence-corrected chi connectivity index (χ3v) is 5.55. The van der Waals surface area contributed by atoms with E-state index in [-0.39, 0.29) is 23.9 Å². The predicted molar refractivity (Wildman–Crippen MR) is 88.1 cm³/mol. The fraction of sp³-hybridized carbons (Fsp3) is 0.556. The smallest absolute Gasteiger partial charge is 0.338 e.